The van der Waals surface area contributed by atoms with Crippen LogP contribution in [0.2, 0.25) is 0 Å². The van der Waals surface area contributed by atoms with Crippen LogP contribution in [0.3, 0.4) is 0 Å². The van der Waals surface area contributed by atoms with Crippen molar-refractivity contribution in [3.05, 3.63) is 144 Å². The van der Waals surface area contributed by atoms with Crippen LogP contribution in [0.4, 0.5) is 0 Å². The highest BCUT2D eigenvalue weighted by Crippen LogP contribution is 2.70. The predicted molar refractivity (Wildman–Crippen MR) is 171 cm³/mol. The second kappa shape index (κ2) is 10.8. The fraction of sp³-hybridized carbons (Fsp3) is 0.333. The Balaban J connectivity index is 1.37. The number of hydrogen-bond acceptors (Lipinski definition) is 2. The second-order valence-corrected chi connectivity index (χ2v) is 12.7. The molecule has 4 aromatic rings. The monoisotopic (exact) mass is 566 g/mol. The Bertz CT molecular complexity index is 1330. The van der Waals surface area contributed by atoms with E-state index in [9.17, 15) is 0 Å². The van der Waals surface area contributed by atoms with Gasteiger partial charge in [-0.05, 0) is 71.6 Å². The second-order valence-electron chi connectivity index (χ2n) is 12.2. The van der Waals surface area contributed by atoms with E-state index in [-0.39, 0.29) is 0 Å². The Kier molecular flexibility index (Phi) is 7.18. The maximum atomic E-state index is 6.82. The minimum absolute atomic E-state index is 0.418. The van der Waals surface area contributed by atoms with Gasteiger partial charge in [0.05, 0.1) is 0 Å². The Morgan fingerprint density at radius 1 is 0.475 bits per heavy atom. The van der Waals surface area contributed by atoms with Crippen LogP contribution in [-0.2, 0) is 20.2 Å². The molecule has 3 fully saturated rings. The van der Waals surface area contributed by atoms with E-state index in [1.165, 1.54) is 47.9 Å². The fourth-order valence-electron chi connectivity index (χ4n) is 9.53. The summed E-state index contributed by atoms with van der Waals surface area (Å²) in [5, 5.41) is 0. The first-order valence-corrected chi connectivity index (χ1v) is 16.0. The fourth-order valence-corrected chi connectivity index (χ4v) is 10.6. The van der Waals surface area contributed by atoms with E-state index in [0.717, 1.165) is 11.8 Å². The van der Waals surface area contributed by atoms with E-state index in [1.54, 1.807) is 18.9 Å². The molecule has 0 spiro atoms. The first-order chi connectivity index (χ1) is 19.7. The van der Waals surface area contributed by atoms with Gasteiger partial charge in [0, 0.05) is 11.8 Å². The van der Waals surface area contributed by atoms with Crippen LogP contribution in [0.5, 0.6) is 0 Å². The molecule has 204 valence electrons. The van der Waals surface area contributed by atoms with Crippen molar-refractivity contribution in [3.63, 3.8) is 0 Å². The molecule has 3 saturated carbocycles. The Morgan fingerprint density at radius 2 is 0.875 bits per heavy atom. The molecule has 2 unspecified atom stereocenters. The number of benzene rings is 4. The lowest BCUT2D eigenvalue weighted by Gasteiger charge is -2.47. The maximum absolute atomic E-state index is 6.82. The third kappa shape index (κ3) is 3.91. The molecule has 2 bridgehead atoms. The Labute approximate surface area is 243 Å². The average Bonchev–Trinajstić information content (AvgIpc) is 3.75. The smallest absolute Gasteiger partial charge is 0.164 e. The van der Waals surface area contributed by atoms with E-state index in [0.29, 0.717) is 23.7 Å². The zero-order valence-corrected chi connectivity index (χ0v) is 25.9. The lowest BCUT2D eigenvalue weighted by molar-refractivity contribution is -0.0335. The van der Waals surface area contributed by atoms with Gasteiger partial charge in [-0.1, -0.05) is 121 Å². The highest BCUT2D eigenvalue weighted by atomic mass is 31.0. The summed E-state index contributed by atoms with van der Waals surface area (Å²) in [5.74, 6) is 3.53. The van der Waals surface area contributed by atoms with E-state index in [2.05, 4.69) is 121 Å². The summed E-state index contributed by atoms with van der Waals surface area (Å²) < 4.78 is 13.6. The first-order valence-electron chi connectivity index (χ1n) is 14.8. The molecule has 0 aliphatic heterocycles. The molecule has 7 rings (SSSR count). The number of fused-ring (bicyclic) bond motifs is 5. The first kappa shape index (κ1) is 26.6. The molecule has 4 heteroatoms. The van der Waals surface area contributed by atoms with Crippen LogP contribution in [0, 0.1) is 35.5 Å². The average molecular weight is 567 g/mol. The van der Waals surface area contributed by atoms with Crippen LogP contribution in [-0.4, -0.2) is 0 Å². The molecule has 0 aromatic heterocycles. The molecule has 0 heterocycles. The molecule has 4 aromatic carbocycles. The molecule has 40 heavy (non-hydrogen) atoms. The van der Waals surface area contributed by atoms with Gasteiger partial charge in [0.25, 0.3) is 0 Å². The highest BCUT2D eigenvalue weighted by Gasteiger charge is 2.66. The Hall–Kier alpha value is -2.34. The Morgan fingerprint density at radius 3 is 1.27 bits per heavy atom. The quantitative estimate of drug-likeness (QED) is 0.200. The standard InChI is InChI=1S/C36H40O2P2/c39-37-35(26-13-5-1-6-14-26,27-15-7-2-8-16-27)32-22-21-30-25-23-31(34(30)32)33(24-25)36(38-40,28-17-9-3-10-18-28)29-19-11-4-12-20-29/h1-20,25,30-34H,21-24H2,39-40H3/q+2/t25-,30+,31+,32-,33+,34+/m0/s1. The molecule has 8 atom stereocenters. The van der Waals surface area contributed by atoms with Gasteiger partial charge < -0.3 is 0 Å². The molecular weight excluding hydrogens is 526 g/mol. The van der Waals surface area contributed by atoms with Crippen molar-refractivity contribution >= 4 is 18.9 Å². The number of rotatable bonds is 8. The highest BCUT2D eigenvalue weighted by molar-refractivity contribution is 7.10. The molecular formula is C36H40O2P2+2. The summed E-state index contributed by atoms with van der Waals surface area (Å²) in [6, 6.07) is 44.1. The van der Waals surface area contributed by atoms with E-state index < -0.39 is 11.2 Å². The lowest BCUT2D eigenvalue weighted by Crippen LogP contribution is -2.47. The van der Waals surface area contributed by atoms with Crippen molar-refractivity contribution < 1.29 is 9.05 Å². The third-order valence-electron chi connectivity index (χ3n) is 10.8. The van der Waals surface area contributed by atoms with Gasteiger partial charge in [0.1, 0.15) is 18.9 Å². The summed E-state index contributed by atoms with van der Waals surface area (Å²) in [6.45, 7) is 0. The van der Waals surface area contributed by atoms with E-state index in [1.807, 2.05) is 0 Å². The van der Waals surface area contributed by atoms with Crippen LogP contribution in [0.25, 0.3) is 0 Å². The summed E-state index contributed by atoms with van der Waals surface area (Å²) in [5.41, 5.74) is 4.23. The minimum atomic E-state index is -0.452. The van der Waals surface area contributed by atoms with Gasteiger partial charge >= 0.3 is 0 Å². The SMILES string of the molecule is [PH3+]OC(c1ccccc1)(c1ccccc1)[C@@H]1C[C@@H]2C[C@H]1[C@H]1[C@@H]2CC[C@@H]1C(O[PH3+])(c1ccccc1)c1ccccc1. The minimum Gasteiger partial charge on any atom is -0.230 e. The van der Waals surface area contributed by atoms with Crippen LogP contribution in [0.1, 0.15) is 47.9 Å². The zero-order valence-electron chi connectivity index (χ0n) is 23.1. The molecule has 0 radical (unpaired) electrons. The van der Waals surface area contributed by atoms with Gasteiger partial charge in [0.15, 0.2) is 11.2 Å². The van der Waals surface area contributed by atoms with Crippen LogP contribution in [0.15, 0.2) is 121 Å². The van der Waals surface area contributed by atoms with Crippen molar-refractivity contribution in [3.8, 4) is 0 Å². The van der Waals surface area contributed by atoms with Crippen molar-refractivity contribution in [1.82, 2.24) is 0 Å². The van der Waals surface area contributed by atoms with E-state index in [4.69, 9.17) is 9.05 Å². The molecule has 0 N–H and O–H groups in total. The lowest BCUT2D eigenvalue weighted by atomic mass is 9.60. The molecule has 0 amide bonds. The molecule has 0 saturated heterocycles. The van der Waals surface area contributed by atoms with Gasteiger partial charge in [-0.15, -0.1) is 0 Å². The van der Waals surface area contributed by atoms with Gasteiger partial charge in [-0.3, -0.25) is 0 Å². The molecule has 3 aliphatic carbocycles. The predicted octanol–water partition coefficient (Wildman–Crippen LogP) is 8.25. The van der Waals surface area contributed by atoms with E-state index >= 15 is 0 Å². The van der Waals surface area contributed by atoms with Gasteiger partial charge in [-0.25, -0.2) is 9.05 Å². The topological polar surface area (TPSA) is 18.5 Å². The summed E-state index contributed by atoms with van der Waals surface area (Å²) >= 11 is 0. The normalized spacial score (nSPS) is 27.7. The van der Waals surface area contributed by atoms with Crippen molar-refractivity contribution in [1.29, 1.82) is 0 Å². The maximum Gasteiger partial charge on any atom is 0.164 e. The van der Waals surface area contributed by atoms with Gasteiger partial charge in [-0.2, -0.15) is 0 Å². The summed E-state index contributed by atoms with van der Waals surface area (Å²) in [7, 11) is 3.37. The van der Waals surface area contributed by atoms with Crippen molar-refractivity contribution in [2.75, 3.05) is 0 Å². The summed E-state index contributed by atoms with van der Waals surface area (Å²) in [6.07, 6.45) is 5.04. The van der Waals surface area contributed by atoms with Crippen molar-refractivity contribution in [2.24, 2.45) is 35.5 Å². The van der Waals surface area contributed by atoms with Gasteiger partial charge in [0.2, 0.25) is 0 Å². The summed E-state index contributed by atoms with van der Waals surface area (Å²) in [4.78, 5) is 0. The third-order valence-corrected chi connectivity index (χ3v) is 11.7. The number of hydrogen-bond donors (Lipinski definition) is 0. The van der Waals surface area contributed by atoms with Crippen molar-refractivity contribution in [2.45, 2.75) is 36.9 Å². The molecule has 2 nitrogen and oxygen atoms in total. The largest absolute Gasteiger partial charge is 0.230 e. The zero-order chi connectivity index (χ0) is 27.2. The van der Waals surface area contributed by atoms with Crippen LogP contribution >= 0.6 is 18.9 Å². The molecule has 3 aliphatic rings. The van der Waals surface area contributed by atoms with Crippen LogP contribution < -0.4 is 0 Å².